The molecule has 2 bridgehead atoms. The Bertz CT molecular complexity index is 436. The fraction of sp³-hybridized carbons (Fsp3) is 0.588. The van der Waals surface area contributed by atoms with Gasteiger partial charge in [-0.1, -0.05) is 35.9 Å². The molecule has 3 aliphatic heterocycles. The lowest BCUT2D eigenvalue weighted by Crippen LogP contribution is -2.65. The maximum atomic E-state index is 11.0. The fourth-order valence-corrected chi connectivity index (χ4v) is 3.38. The summed E-state index contributed by atoms with van der Waals surface area (Å²) in [7, 11) is 2.31. The van der Waals surface area contributed by atoms with Crippen LogP contribution >= 0.6 is 0 Å². The Hall–Kier alpha value is -1.35. The normalized spacial score (nSPS) is 31.1. The molecule has 3 saturated heterocycles. The zero-order chi connectivity index (χ0) is 14.6. The van der Waals surface area contributed by atoms with Crippen LogP contribution in [0.5, 0.6) is 0 Å². The molecule has 1 aromatic rings. The third-order valence-electron chi connectivity index (χ3n) is 4.62. The fourth-order valence-electron chi connectivity index (χ4n) is 3.38. The summed E-state index contributed by atoms with van der Waals surface area (Å²) in [5, 5.41) is 3.08. The Morgan fingerprint density at radius 3 is 2.20 bits per heavy atom. The molecule has 110 valence electrons. The zero-order valence-corrected chi connectivity index (χ0v) is 12.9. The highest BCUT2D eigenvalue weighted by Crippen LogP contribution is 2.32. The number of hydrogen-bond donors (Lipinski definition) is 1. The maximum absolute atomic E-state index is 11.0. The van der Waals surface area contributed by atoms with Crippen LogP contribution in [0.1, 0.15) is 25.3 Å². The molecule has 4 rings (SSSR count). The average Bonchev–Trinajstić information content (AvgIpc) is 2.39. The molecule has 1 N–H and O–H groups in total. The largest absolute Gasteiger partial charge is 0.348 e. The van der Waals surface area contributed by atoms with E-state index in [9.17, 15) is 4.79 Å². The van der Waals surface area contributed by atoms with Crippen molar-refractivity contribution < 1.29 is 9.28 Å². The lowest BCUT2D eigenvalue weighted by Gasteiger charge is -2.50. The second kappa shape index (κ2) is 6.40. The molecule has 1 amide bonds. The van der Waals surface area contributed by atoms with Gasteiger partial charge in [0.1, 0.15) is 0 Å². The number of quaternary nitrogens is 1. The second-order valence-electron chi connectivity index (χ2n) is 6.55. The molecule has 1 aromatic carbocycles. The summed E-state index contributed by atoms with van der Waals surface area (Å²) in [5.41, 5.74) is 1.32. The highest BCUT2D eigenvalue weighted by molar-refractivity contribution is 5.73. The van der Waals surface area contributed by atoms with Gasteiger partial charge in [-0.05, 0) is 12.8 Å². The summed E-state index contributed by atoms with van der Waals surface area (Å²) in [6.45, 7) is 7.46. The van der Waals surface area contributed by atoms with Crippen LogP contribution in [0.3, 0.4) is 0 Å². The Morgan fingerprint density at radius 1 is 1.20 bits per heavy atom. The molecule has 1 atom stereocenters. The number of nitrogens with one attached hydrogen (secondary N) is 1. The van der Waals surface area contributed by atoms with Crippen LogP contribution in [0.25, 0.3) is 0 Å². The topological polar surface area (TPSA) is 29.1 Å². The molecular weight excluding hydrogens is 248 g/mol. The first-order valence-electron chi connectivity index (χ1n) is 7.61. The number of hydrogen-bond acceptors (Lipinski definition) is 1. The number of fused-ring (bicyclic) bond motifs is 3. The van der Waals surface area contributed by atoms with Gasteiger partial charge in [-0.25, -0.2) is 0 Å². The van der Waals surface area contributed by atoms with E-state index < -0.39 is 0 Å². The highest BCUT2D eigenvalue weighted by Gasteiger charge is 2.43. The predicted molar refractivity (Wildman–Crippen MR) is 82.3 cm³/mol. The van der Waals surface area contributed by atoms with Crippen molar-refractivity contribution in [1.29, 1.82) is 0 Å². The molecule has 0 saturated carbocycles. The molecule has 3 fully saturated rings. The molecule has 3 heterocycles. The van der Waals surface area contributed by atoms with Crippen molar-refractivity contribution in [3.8, 4) is 0 Å². The number of carbonyl (C=O) groups is 1. The molecular formula is C17H27N2O+. The monoisotopic (exact) mass is 275 g/mol. The molecule has 0 aliphatic carbocycles. The number of piperidine rings is 3. The van der Waals surface area contributed by atoms with Gasteiger partial charge in [0.05, 0.1) is 32.7 Å². The zero-order valence-electron chi connectivity index (χ0n) is 12.9. The second-order valence-corrected chi connectivity index (χ2v) is 6.55. The minimum atomic E-state index is 0.130. The number of amides is 1. The van der Waals surface area contributed by atoms with E-state index in [1.54, 1.807) is 6.92 Å². The summed E-state index contributed by atoms with van der Waals surface area (Å²) in [6.07, 6.45) is 2.59. The molecule has 3 heteroatoms. The van der Waals surface area contributed by atoms with Gasteiger partial charge < -0.3 is 9.80 Å². The molecule has 0 spiro atoms. The van der Waals surface area contributed by atoms with Gasteiger partial charge in [0.2, 0.25) is 5.91 Å². The summed E-state index contributed by atoms with van der Waals surface area (Å²) in [5.74, 6) is 0.884. The van der Waals surface area contributed by atoms with Gasteiger partial charge in [-0.3, -0.25) is 4.79 Å². The van der Waals surface area contributed by atoms with Crippen LogP contribution in [0.4, 0.5) is 0 Å². The molecule has 20 heavy (non-hydrogen) atoms. The molecule has 3 nitrogen and oxygen atoms in total. The van der Waals surface area contributed by atoms with Crippen molar-refractivity contribution in [3.63, 3.8) is 0 Å². The summed E-state index contributed by atoms with van der Waals surface area (Å²) in [6, 6.07) is 10.7. The third-order valence-corrected chi connectivity index (χ3v) is 4.62. The Kier molecular flexibility index (Phi) is 4.81. The average molecular weight is 275 g/mol. The molecule has 1 unspecified atom stereocenters. The van der Waals surface area contributed by atoms with Gasteiger partial charge >= 0.3 is 0 Å². The van der Waals surface area contributed by atoms with Crippen LogP contribution in [-0.2, 0) is 4.79 Å². The summed E-state index contributed by atoms with van der Waals surface area (Å²) in [4.78, 5) is 11.0. The predicted octanol–water partition coefficient (Wildman–Crippen LogP) is 2.36. The van der Waals surface area contributed by atoms with Crippen LogP contribution < -0.4 is 5.32 Å². The van der Waals surface area contributed by atoms with Gasteiger partial charge in [0.15, 0.2) is 0 Å². The van der Waals surface area contributed by atoms with Gasteiger partial charge in [-0.2, -0.15) is 0 Å². The Balaban J connectivity index is 0.000000178. The maximum Gasteiger partial charge on any atom is 0.217 e. The van der Waals surface area contributed by atoms with E-state index >= 15 is 0 Å². The first-order chi connectivity index (χ1) is 9.48. The SMILES string of the molecule is CC(=O)NC1C[N+]2(C)CCC1CC2.Cc1ccccc1. The Labute approximate surface area is 122 Å². The van der Waals surface area contributed by atoms with Gasteiger partial charge in [0, 0.05) is 19.8 Å². The van der Waals surface area contributed by atoms with Crippen molar-refractivity contribution in [2.45, 2.75) is 32.7 Å². The van der Waals surface area contributed by atoms with E-state index in [4.69, 9.17) is 0 Å². The van der Waals surface area contributed by atoms with Crippen molar-refractivity contribution in [2.24, 2.45) is 5.92 Å². The smallest absolute Gasteiger partial charge is 0.217 e. The lowest BCUT2D eigenvalue weighted by molar-refractivity contribution is -0.925. The number of aryl methyl sites for hydroxylation is 1. The van der Waals surface area contributed by atoms with Crippen molar-refractivity contribution in [2.75, 3.05) is 26.7 Å². The van der Waals surface area contributed by atoms with E-state index in [0.717, 1.165) is 12.5 Å². The van der Waals surface area contributed by atoms with E-state index in [1.165, 1.54) is 36.0 Å². The Morgan fingerprint density at radius 2 is 1.80 bits per heavy atom. The number of nitrogens with zero attached hydrogens (tertiary/aromatic N) is 1. The minimum absolute atomic E-state index is 0.130. The van der Waals surface area contributed by atoms with Crippen LogP contribution in [0, 0.1) is 12.8 Å². The van der Waals surface area contributed by atoms with Crippen LogP contribution in [0.2, 0.25) is 0 Å². The molecule has 0 aromatic heterocycles. The number of benzene rings is 1. The van der Waals surface area contributed by atoms with Crippen molar-refractivity contribution >= 4 is 5.91 Å². The van der Waals surface area contributed by atoms with E-state index in [0.29, 0.717) is 6.04 Å². The van der Waals surface area contributed by atoms with E-state index in [-0.39, 0.29) is 5.91 Å². The third kappa shape index (κ3) is 4.07. The van der Waals surface area contributed by atoms with Gasteiger partial charge in [-0.15, -0.1) is 0 Å². The van der Waals surface area contributed by atoms with E-state index in [1.807, 2.05) is 18.2 Å². The van der Waals surface area contributed by atoms with Crippen LogP contribution in [-0.4, -0.2) is 43.1 Å². The summed E-state index contributed by atoms with van der Waals surface area (Å²) < 4.78 is 1.17. The molecule has 3 aliphatic rings. The van der Waals surface area contributed by atoms with Crippen molar-refractivity contribution in [3.05, 3.63) is 35.9 Å². The first kappa shape index (κ1) is 15.0. The van der Waals surface area contributed by atoms with Gasteiger partial charge in [0.25, 0.3) is 0 Å². The number of rotatable bonds is 1. The van der Waals surface area contributed by atoms with Crippen molar-refractivity contribution in [1.82, 2.24) is 5.32 Å². The molecule has 0 radical (unpaired) electrons. The standard InChI is InChI=1S/C10H18N2O.C7H8/c1-8(13)11-10-7-12(2)5-3-9(10)4-6-12;1-7-5-3-2-4-6-7/h9-10H,3-7H2,1-2H3;2-6H,1H3/p+1. The minimum Gasteiger partial charge on any atom is -0.348 e. The quantitative estimate of drug-likeness (QED) is 0.783. The highest BCUT2D eigenvalue weighted by atomic mass is 16.1. The lowest BCUT2D eigenvalue weighted by atomic mass is 9.82. The number of likely N-dealkylation sites (N-methyl/N-ethyl adjacent to an activating group) is 1. The number of carbonyl (C=O) groups excluding carboxylic acids is 1. The van der Waals surface area contributed by atoms with Crippen LogP contribution in [0.15, 0.2) is 30.3 Å². The summed E-state index contributed by atoms with van der Waals surface area (Å²) >= 11 is 0. The van der Waals surface area contributed by atoms with E-state index in [2.05, 4.69) is 31.4 Å². The first-order valence-corrected chi connectivity index (χ1v) is 7.61.